The van der Waals surface area contributed by atoms with Gasteiger partial charge in [-0.2, -0.15) is 9.52 Å². The number of benzene rings is 2. The number of hydrogen-bond donors (Lipinski definition) is 1. The van der Waals surface area contributed by atoms with Crippen molar-refractivity contribution in [1.82, 2.24) is 4.41 Å². The van der Waals surface area contributed by atoms with Gasteiger partial charge in [-0.15, -0.1) is 0 Å². The summed E-state index contributed by atoms with van der Waals surface area (Å²) in [4.78, 5) is 0. The Morgan fingerprint density at radius 3 is 2.36 bits per heavy atom. The lowest BCUT2D eigenvalue weighted by molar-refractivity contribution is 0.375. The fraction of sp³-hybridized carbons (Fsp3) is 0.188. The van der Waals surface area contributed by atoms with Gasteiger partial charge in [-0.3, -0.25) is 0 Å². The third kappa shape index (κ3) is 2.69. The van der Waals surface area contributed by atoms with Crippen LogP contribution in [-0.4, -0.2) is 29.9 Å². The van der Waals surface area contributed by atoms with Gasteiger partial charge in [0.1, 0.15) is 5.75 Å². The second kappa shape index (κ2) is 5.46. The zero-order valence-corrected chi connectivity index (χ0v) is 12.9. The molecule has 0 aromatic heterocycles. The van der Waals surface area contributed by atoms with E-state index in [0.717, 1.165) is 16.2 Å². The topological polar surface area (TPSA) is 70.0 Å². The van der Waals surface area contributed by atoms with Crippen LogP contribution in [-0.2, 0) is 10.0 Å². The van der Waals surface area contributed by atoms with Crippen molar-refractivity contribution in [3.63, 3.8) is 0 Å². The van der Waals surface area contributed by atoms with E-state index in [1.807, 2.05) is 30.3 Å². The van der Waals surface area contributed by atoms with E-state index in [2.05, 4.69) is 5.10 Å². The molecule has 2 aromatic rings. The van der Waals surface area contributed by atoms with Crippen LogP contribution in [0.5, 0.6) is 5.75 Å². The molecule has 0 saturated carbocycles. The molecule has 0 saturated heterocycles. The van der Waals surface area contributed by atoms with Crippen molar-refractivity contribution < 1.29 is 13.5 Å². The maximum atomic E-state index is 12.0. The molecular formula is C16H16N2O3S. The molecule has 0 radical (unpaired) electrons. The summed E-state index contributed by atoms with van der Waals surface area (Å²) in [5, 5.41) is 14.2. The first-order chi connectivity index (χ1) is 10.5. The Bertz CT molecular complexity index is 816. The number of rotatable bonds is 3. The fourth-order valence-electron chi connectivity index (χ4n) is 2.60. The summed E-state index contributed by atoms with van der Waals surface area (Å²) in [6.45, 7) is 0. The zero-order valence-electron chi connectivity index (χ0n) is 12.0. The number of hydrogen-bond acceptors (Lipinski definition) is 4. The largest absolute Gasteiger partial charge is 0.507 e. The van der Waals surface area contributed by atoms with Crippen LogP contribution in [0.15, 0.2) is 59.7 Å². The van der Waals surface area contributed by atoms with Crippen LogP contribution in [0.4, 0.5) is 0 Å². The Labute approximate surface area is 129 Å². The van der Waals surface area contributed by atoms with E-state index < -0.39 is 10.0 Å². The molecule has 0 bridgehead atoms. The lowest BCUT2D eigenvalue weighted by atomic mass is 9.99. The van der Waals surface area contributed by atoms with E-state index in [1.165, 1.54) is 0 Å². The van der Waals surface area contributed by atoms with Gasteiger partial charge in [0.2, 0.25) is 10.0 Å². The lowest BCUT2D eigenvalue weighted by Gasteiger charge is -2.21. The summed E-state index contributed by atoms with van der Waals surface area (Å²) in [6, 6.07) is 15.8. The standard InChI is InChI=1S/C16H16N2O3S/c1-22(20,21)18-15(12-7-3-2-4-8-12)11-14(17-18)13-9-5-6-10-16(13)19/h2-10,15,19H,11H2,1H3/t15-/m1/s1. The summed E-state index contributed by atoms with van der Waals surface area (Å²) >= 11 is 0. The Morgan fingerprint density at radius 2 is 1.73 bits per heavy atom. The van der Waals surface area contributed by atoms with Crippen LogP contribution in [0.1, 0.15) is 23.6 Å². The Balaban J connectivity index is 2.04. The van der Waals surface area contributed by atoms with Crippen LogP contribution in [0.3, 0.4) is 0 Å². The molecule has 1 aliphatic heterocycles. The van der Waals surface area contributed by atoms with Gasteiger partial charge in [0.25, 0.3) is 0 Å². The van der Waals surface area contributed by atoms with Crippen LogP contribution in [0, 0.1) is 0 Å². The molecule has 0 amide bonds. The molecule has 2 aromatic carbocycles. The van der Waals surface area contributed by atoms with Gasteiger partial charge in [-0.05, 0) is 17.7 Å². The summed E-state index contributed by atoms with van der Waals surface area (Å²) < 4.78 is 25.2. The zero-order chi connectivity index (χ0) is 15.7. The maximum Gasteiger partial charge on any atom is 0.247 e. The molecule has 5 nitrogen and oxygen atoms in total. The molecule has 0 fully saturated rings. The number of phenolic OH excluding ortho intramolecular Hbond substituents is 1. The Hall–Kier alpha value is -2.34. The first-order valence-corrected chi connectivity index (χ1v) is 8.72. The molecule has 114 valence electrons. The molecule has 3 rings (SSSR count). The average Bonchev–Trinajstić information content (AvgIpc) is 2.94. The summed E-state index contributed by atoms with van der Waals surface area (Å²) in [7, 11) is -3.49. The quantitative estimate of drug-likeness (QED) is 0.946. The van der Waals surface area contributed by atoms with E-state index >= 15 is 0 Å². The van der Waals surface area contributed by atoms with Gasteiger partial charge in [0.05, 0.1) is 18.0 Å². The molecule has 6 heteroatoms. The van der Waals surface area contributed by atoms with E-state index in [-0.39, 0.29) is 11.8 Å². The fourth-order valence-corrected chi connectivity index (χ4v) is 3.50. The van der Waals surface area contributed by atoms with Gasteiger partial charge in [-0.1, -0.05) is 42.5 Å². The van der Waals surface area contributed by atoms with Crippen molar-refractivity contribution in [2.75, 3.05) is 6.26 Å². The molecule has 1 aliphatic rings. The van der Waals surface area contributed by atoms with Gasteiger partial charge in [0.15, 0.2) is 0 Å². The predicted molar refractivity (Wildman–Crippen MR) is 85.1 cm³/mol. The molecule has 1 N–H and O–H groups in total. The van der Waals surface area contributed by atoms with E-state index in [4.69, 9.17) is 0 Å². The predicted octanol–water partition coefficient (Wildman–Crippen LogP) is 2.50. The highest BCUT2D eigenvalue weighted by molar-refractivity contribution is 7.88. The number of sulfonamides is 1. The van der Waals surface area contributed by atoms with Crippen LogP contribution >= 0.6 is 0 Å². The SMILES string of the molecule is CS(=O)(=O)N1N=C(c2ccccc2O)C[C@@H]1c1ccccc1. The second-order valence-electron chi connectivity index (χ2n) is 5.23. The number of aromatic hydroxyl groups is 1. The molecule has 1 atom stereocenters. The monoisotopic (exact) mass is 316 g/mol. The Kier molecular flexibility index (Phi) is 3.62. The van der Waals surface area contributed by atoms with E-state index in [0.29, 0.717) is 17.7 Å². The van der Waals surface area contributed by atoms with Gasteiger partial charge >= 0.3 is 0 Å². The first kappa shape index (κ1) is 14.6. The van der Waals surface area contributed by atoms with Crippen LogP contribution in [0.25, 0.3) is 0 Å². The highest BCUT2D eigenvalue weighted by Gasteiger charge is 2.34. The minimum absolute atomic E-state index is 0.100. The summed E-state index contributed by atoms with van der Waals surface area (Å²) in [6.07, 6.45) is 1.56. The minimum atomic E-state index is -3.49. The van der Waals surface area contributed by atoms with Crippen LogP contribution in [0.2, 0.25) is 0 Å². The molecule has 0 unspecified atom stereocenters. The van der Waals surface area contributed by atoms with Crippen molar-refractivity contribution in [2.24, 2.45) is 5.10 Å². The normalized spacial score (nSPS) is 18.3. The number of para-hydroxylation sites is 1. The average molecular weight is 316 g/mol. The van der Waals surface area contributed by atoms with E-state index in [9.17, 15) is 13.5 Å². The van der Waals surface area contributed by atoms with Crippen molar-refractivity contribution in [1.29, 1.82) is 0 Å². The van der Waals surface area contributed by atoms with Gasteiger partial charge < -0.3 is 5.11 Å². The lowest BCUT2D eigenvalue weighted by Crippen LogP contribution is -2.25. The number of phenols is 1. The third-order valence-corrected chi connectivity index (χ3v) is 4.63. The van der Waals surface area contributed by atoms with E-state index in [1.54, 1.807) is 24.3 Å². The van der Waals surface area contributed by atoms with Crippen molar-refractivity contribution in [3.8, 4) is 5.75 Å². The third-order valence-electron chi connectivity index (χ3n) is 3.61. The summed E-state index contributed by atoms with van der Waals surface area (Å²) in [5.74, 6) is 0.100. The van der Waals surface area contributed by atoms with Crippen molar-refractivity contribution in [2.45, 2.75) is 12.5 Å². The van der Waals surface area contributed by atoms with Crippen molar-refractivity contribution >= 4 is 15.7 Å². The van der Waals surface area contributed by atoms with Crippen LogP contribution < -0.4 is 0 Å². The maximum absolute atomic E-state index is 12.0. The number of hydrazone groups is 1. The smallest absolute Gasteiger partial charge is 0.247 e. The summed E-state index contributed by atoms with van der Waals surface area (Å²) in [5.41, 5.74) is 2.01. The highest BCUT2D eigenvalue weighted by atomic mass is 32.2. The number of nitrogens with zero attached hydrogens (tertiary/aromatic N) is 2. The van der Waals surface area contributed by atoms with Crippen molar-refractivity contribution in [3.05, 3.63) is 65.7 Å². The highest BCUT2D eigenvalue weighted by Crippen LogP contribution is 2.35. The minimum Gasteiger partial charge on any atom is -0.507 e. The molecule has 1 heterocycles. The first-order valence-electron chi connectivity index (χ1n) is 6.87. The second-order valence-corrected chi connectivity index (χ2v) is 7.07. The van der Waals surface area contributed by atoms with Gasteiger partial charge in [-0.25, -0.2) is 8.42 Å². The molecular weight excluding hydrogens is 300 g/mol. The Morgan fingerprint density at radius 1 is 1.09 bits per heavy atom. The molecule has 0 spiro atoms. The molecule has 0 aliphatic carbocycles. The molecule has 22 heavy (non-hydrogen) atoms. The van der Waals surface area contributed by atoms with Gasteiger partial charge in [0, 0.05) is 12.0 Å².